The largest absolute Gasteiger partial charge is 0.370 e. The molecular formula is C15H13F4N. The normalized spacial score (nSPS) is 12.4. The SMILES string of the molecule is FC(F)(NCc1ccccc1)C(F)(F)c1ccccc1. The Kier molecular flexibility index (Phi) is 4.09. The lowest BCUT2D eigenvalue weighted by Gasteiger charge is -2.27. The van der Waals surface area contributed by atoms with Crippen LogP contribution in [0.2, 0.25) is 0 Å². The van der Waals surface area contributed by atoms with Gasteiger partial charge in [0.25, 0.3) is 0 Å². The first-order chi connectivity index (χ1) is 9.43. The lowest BCUT2D eigenvalue weighted by Crippen LogP contribution is -2.49. The molecule has 0 fully saturated rings. The molecule has 0 aliphatic heterocycles. The first-order valence-electron chi connectivity index (χ1n) is 6.03. The van der Waals surface area contributed by atoms with Gasteiger partial charge in [-0.15, -0.1) is 0 Å². The quantitative estimate of drug-likeness (QED) is 0.641. The van der Waals surface area contributed by atoms with Crippen molar-refractivity contribution in [2.24, 2.45) is 0 Å². The second-order valence-electron chi connectivity index (χ2n) is 4.35. The highest BCUT2D eigenvalue weighted by molar-refractivity contribution is 5.22. The van der Waals surface area contributed by atoms with Crippen molar-refractivity contribution in [3.05, 3.63) is 71.8 Å². The Morgan fingerprint density at radius 1 is 0.750 bits per heavy atom. The summed E-state index contributed by atoms with van der Waals surface area (Å²) in [5.74, 6) is -4.27. The molecule has 0 saturated carbocycles. The molecule has 0 unspecified atom stereocenters. The van der Waals surface area contributed by atoms with Gasteiger partial charge in [0.05, 0.1) is 0 Å². The molecule has 20 heavy (non-hydrogen) atoms. The van der Waals surface area contributed by atoms with Crippen molar-refractivity contribution < 1.29 is 17.6 Å². The van der Waals surface area contributed by atoms with E-state index in [1.807, 2.05) is 0 Å². The van der Waals surface area contributed by atoms with Crippen LogP contribution in [-0.4, -0.2) is 6.05 Å². The first-order valence-corrected chi connectivity index (χ1v) is 6.03. The maximum Gasteiger partial charge on any atom is 0.370 e. The van der Waals surface area contributed by atoms with Gasteiger partial charge in [0.15, 0.2) is 0 Å². The molecule has 1 N–H and O–H groups in total. The summed E-state index contributed by atoms with van der Waals surface area (Å²) in [6.07, 6.45) is 0. The van der Waals surface area contributed by atoms with Crippen molar-refractivity contribution in [3.63, 3.8) is 0 Å². The zero-order valence-electron chi connectivity index (χ0n) is 10.5. The molecule has 5 heteroatoms. The fourth-order valence-electron chi connectivity index (χ4n) is 1.75. The van der Waals surface area contributed by atoms with Gasteiger partial charge in [-0.2, -0.15) is 17.6 Å². The number of alkyl halides is 4. The number of nitrogens with one attached hydrogen (secondary N) is 1. The minimum atomic E-state index is -4.33. The molecule has 0 radical (unpaired) electrons. The average molecular weight is 283 g/mol. The van der Waals surface area contributed by atoms with Crippen LogP contribution in [0, 0.1) is 0 Å². The Hall–Kier alpha value is -1.88. The smallest absolute Gasteiger partial charge is 0.248 e. The van der Waals surface area contributed by atoms with Crippen molar-refractivity contribution in [2.75, 3.05) is 0 Å². The highest BCUT2D eigenvalue weighted by Crippen LogP contribution is 2.41. The van der Waals surface area contributed by atoms with E-state index in [2.05, 4.69) is 0 Å². The molecule has 0 saturated heterocycles. The van der Waals surface area contributed by atoms with E-state index in [1.165, 1.54) is 18.2 Å². The second-order valence-corrected chi connectivity index (χ2v) is 4.35. The van der Waals surface area contributed by atoms with Crippen LogP contribution in [0.4, 0.5) is 17.6 Å². The highest BCUT2D eigenvalue weighted by atomic mass is 19.3. The molecule has 0 spiro atoms. The Labute approximate surface area is 114 Å². The van der Waals surface area contributed by atoms with E-state index in [9.17, 15) is 17.6 Å². The van der Waals surface area contributed by atoms with Crippen LogP contribution in [0.15, 0.2) is 60.7 Å². The van der Waals surface area contributed by atoms with Gasteiger partial charge in [-0.1, -0.05) is 60.7 Å². The van der Waals surface area contributed by atoms with Crippen molar-refractivity contribution in [1.82, 2.24) is 5.32 Å². The van der Waals surface area contributed by atoms with Crippen LogP contribution >= 0.6 is 0 Å². The lowest BCUT2D eigenvalue weighted by molar-refractivity contribution is -0.234. The van der Waals surface area contributed by atoms with E-state index < -0.39 is 17.5 Å². The summed E-state index contributed by atoms with van der Waals surface area (Å²) in [4.78, 5) is 0. The van der Waals surface area contributed by atoms with Crippen LogP contribution in [0.5, 0.6) is 0 Å². The fourth-order valence-corrected chi connectivity index (χ4v) is 1.75. The second kappa shape index (κ2) is 5.63. The minimum Gasteiger partial charge on any atom is -0.248 e. The summed E-state index contributed by atoms with van der Waals surface area (Å²) in [6, 6.07) is 9.95. The molecule has 0 aliphatic rings. The summed E-state index contributed by atoms with van der Waals surface area (Å²) >= 11 is 0. The topological polar surface area (TPSA) is 12.0 Å². The Bertz CT molecular complexity index is 540. The zero-order valence-corrected chi connectivity index (χ0v) is 10.5. The fraction of sp³-hybridized carbons (Fsp3) is 0.200. The van der Waals surface area contributed by atoms with E-state index >= 15 is 0 Å². The van der Waals surface area contributed by atoms with Gasteiger partial charge in [-0.05, 0) is 5.56 Å². The van der Waals surface area contributed by atoms with Gasteiger partial charge < -0.3 is 0 Å². The van der Waals surface area contributed by atoms with Crippen LogP contribution < -0.4 is 5.32 Å². The number of halogens is 4. The summed E-state index contributed by atoms with van der Waals surface area (Å²) in [6.45, 7) is -0.337. The van der Waals surface area contributed by atoms with E-state index in [0.717, 1.165) is 12.1 Å². The third-order valence-electron chi connectivity index (χ3n) is 2.89. The first kappa shape index (κ1) is 14.5. The van der Waals surface area contributed by atoms with Crippen molar-refractivity contribution >= 4 is 0 Å². The van der Waals surface area contributed by atoms with Gasteiger partial charge in [0.1, 0.15) is 0 Å². The Morgan fingerprint density at radius 2 is 1.25 bits per heavy atom. The molecule has 2 aromatic carbocycles. The van der Waals surface area contributed by atoms with E-state index in [1.54, 1.807) is 35.6 Å². The molecule has 106 valence electrons. The molecule has 0 aromatic heterocycles. The predicted molar refractivity (Wildman–Crippen MR) is 68.6 cm³/mol. The van der Waals surface area contributed by atoms with Gasteiger partial charge in [-0.25, -0.2) is 5.32 Å². The van der Waals surface area contributed by atoms with Gasteiger partial charge in [0, 0.05) is 12.1 Å². The molecule has 2 aromatic rings. The van der Waals surface area contributed by atoms with Gasteiger partial charge in [-0.3, -0.25) is 0 Å². The van der Waals surface area contributed by atoms with Crippen LogP contribution in [0.1, 0.15) is 11.1 Å². The Balaban J connectivity index is 2.13. The zero-order chi connectivity index (χ0) is 14.6. The van der Waals surface area contributed by atoms with Gasteiger partial charge >= 0.3 is 12.0 Å². The van der Waals surface area contributed by atoms with E-state index in [0.29, 0.717) is 5.56 Å². The van der Waals surface area contributed by atoms with Crippen molar-refractivity contribution in [3.8, 4) is 0 Å². The minimum absolute atomic E-state index is 0.337. The number of hydrogen-bond acceptors (Lipinski definition) is 1. The molecule has 0 aliphatic carbocycles. The Morgan fingerprint density at radius 3 is 1.80 bits per heavy atom. The summed E-state index contributed by atoms with van der Waals surface area (Å²) < 4.78 is 55.1. The molecule has 0 heterocycles. The third kappa shape index (κ3) is 2.99. The molecular weight excluding hydrogens is 270 g/mol. The van der Waals surface area contributed by atoms with Crippen molar-refractivity contribution in [2.45, 2.75) is 18.5 Å². The molecule has 0 amide bonds. The summed E-state index contributed by atoms with van der Waals surface area (Å²) in [5.41, 5.74) is -0.207. The highest BCUT2D eigenvalue weighted by Gasteiger charge is 2.57. The maximum atomic E-state index is 13.8. The molecule has 1 nitrogen and oxygen atoms in total. The van der Waals surface area contributed by atoms with E-state index in [4.69, 9.17) is 0 Å². The molecule has 0 atom stereocenters. The maximum absolute atomic E-state index is 13.8. The standard InChI is InChI=1S/C15H13F4N/c16-14(17,13-9-5-2-6-10-13)15(18,19)20-11-12-7-3-1-4-8-12/h1-10,20H,11H2. The van der Waals surface area contributed by atoms with Crippen LogP contribution in [0.25, 0.3) is 0 Å². The van der Waals surface area contributed by atoms with Crippen LogP contribution in [0.3, 0.4) is 0 Å². The monoisotopic (exact) mass is 283 g/mol. The lowest BCUT2D eigenvalue weighted by atomic mass is 10.1. The number of rotatable bonds is 5. The van der Waals surface area contributed by atoms with Crippen LogP contribution in [-0.2, 0) is 12.5 Å². The van der Waals surface area contributed by atoms with Gasteiger partial charge in [0.2, 0.25) is 0 Å². The summed E-state index contributed by atoms with van der Waals surface area (Å²) in [5, 5.41) is 1.63. The molecule has 2 rings (SSSR count). The van der Waals surface area contributed by atoms with E-state index in [-0.39, 0.29) is 6.54 Å². The molecule has 0 bridgehead atoms. The summed E-state index contributed by atoms with van der Waals surface area (Å²) in [7, 11) is 0. The number of benzene rings is 2. The predicted octanol–water partition coefficient (Wildman–Crippen LogP) is 4.16. The van der Waals surface area contributed by atoms with Crippen molar-refractivity contribution in [1.29, 1.82) is 0 Å². The average Bonchev–Trinajstić information content (AvgIpc) is 2.47. The third-order valence-corrected chi connectivity index (χ3v) is 2.89. The number of hydrogen-bond donors (Lipinski definition) is 1.